The van der Waals surface area contributed by atoms with Crippen molar-refractivity contribution in [1.29, 1.82) is 0 Å². The number of aliphatic imine (C=N–C) groups is 1. The number of ether oxygens (including phenoxy) is 1. The first-order valence-electron chi connectivity index (χ1n) is 7.77. The summed E-state index contributed by atoms with van der Waals surface area (Å²) >= 11 is 0. The van der Waals surface area contributed by atoms with Crippen molar-refractivity contribution in [1.82, 2.24) is 9.80 Å². The van der Waals surface area contributed by atoms with Gasteiger partial charge in [0.05, 0.1) is 6.54 Å². The second-order valence-electron chi connectivity index (χ2n) is 5.88. The zero-order valence-electron chi connectivity index (χ0n) is 14.5. The molecule has 0 aromatic heterocycles. The van der Waals surface area contributed by atoms with Crippen LogP contribution in [0.4, 0.5) is 4.79 Å². The molecule has 0 radical (unpaired) electrons. The Kier molecular flexibility index (Phi) is 8.81. The Morgan fingerprint density at radius 2 is 1.67 bits per heavy atom. The van der Waals surface area contributed by atoms with Crippen LogP contribution in [-0.4, -0.2) is 60.2 Å². The highest BCUT2D eigenvalue weighted by Gasteiger charge is 2.21. The van der Waals surface area contributed by atoms with Crippen molar-refractivity contribution in [2.45, 2.75) is 53.6 Å². The molecule has 0 aromatic carbocycles. The van der Waals surface area contributed by atoms with Gasteiger partial charge >= 0.3 is 6.09 Å². The summed E-state index contributed by atoms with van der Waals surface area (Å²) < 4.78 is 5.40. The van der Waals surface area contributed by atoms with Gasteiger partial charge in [-0.3, -0.25) is 4.99 Å². The fourth-order valence-electron chi connectivity index (χ4n) is 1.82. The first-order chi connectivity index (χ1) is 9.75. The minimum Gasteiger partial charge on any atom is -0.444 e. The normalized spacial score (nSPS) is 12.2. The van der Waals surface area contributed by atoms with Crippen LogP contribution in [0.3, 0.4) is 0 Å². The van der Waals surface area contributed by atoms with Crippen LogP contribution in [0.1, 0.15) is 48.0 Å². The summed E-state index contributed by atoms with van der Waals surface area (Å²) in [5.74, 6) is 0.528. The Balaban J connectivity index is 4.52. The number of nitrogens with two attached hydrogens (primary N) is 1. The fraction of sp³-hybridized carbons (Fsp3) is 0.867. The Labute approximate surface area is 129 Å². The molecule has 0 unspecified atom stereocenters. The van der Waals surface area contributed by atoms with Gasteiger partial charge in [-0.1, -0.05) is 6.92 Å². The molecule has 6 heteroatoms. The summed E-state index contributed by atoms with van der Waals surface area (Å²) in [5.41, 5.74) is 5.44. The van der Waals surface area contributed by atoms with Gasteiger partial charge in [-0.15, -0.1) is 0 Å². The van der Waals surface area contributed by atoms with Crippen LogP contribution in [0.5, 0.6) is 0 Å². The van der Waals surface area contributed by atoms with E-state index in [1.807, 2.05) is 46.4 Å². The van der Waals surface area contributed by atoms with Crippen LogP contribution in [0.15, 0.2) is 4.99 Å². The number of carbonyl (C=O) groups excluding carboxylic acids is 1. The van der Waals surface area contributed by atoms with Crippen LogP contribution in [-0.2, 0) is 4.74 Å². The largest absolute Gasteiger partial charge is 0.444 e. The summed E-state index contributed by atoms with van der Waals surface area (Å²) in [4.78, 5) is 20.1. The summed E-state index contributed by atoms with van der Waals surface area (Å²) in [5, 5.41) is 0. The van der Waals surface area contributed by atoms with E-state index in [2.05, 4.69) is 4.99 Å². The minimum atomic E-state index is -0.480. The van der Waals surface area contributed by atoms with Gasteiger partial charge in [0.1, 0.15) is 5.60 Å². The third kappa shape index (κ3) is 8.42. The molecular formula is C15H32N4O2. The molecule has 0 aliphatic carbocycles. The second kappa shape index (κ2) is 9.47. The Morgan fingerprint density at radius 1 is 1.10 bits per heavy atom. The second-order valence-corrected chi connectivity index (χ2v) is 5.88. The molecule has 0 aliphatic heterocycles. The van der Waals surface area contributed by atoms with E-state index in [9.17, 15) is 4.79 Å². The maximum Gasteiger partial charge on any atom is 0.410 e. The average Bonchev–Trinajstić information content (AvgIpc) is 2.37. The van der Waals surface area contributed by atoms with Crippen LogP contribution in [0, 0.1) is 0 Å². The zero-order chi connectivity index (χ0) is 16.5. The van der Waals surface area contributed by atoms with Crippen LogP contribution < -0.4 is 5.73 Å². The fourth-order valence-corrected chi connectivity index (χ4v) is 1.82. The lowest BCUT2D eigenvalue weighted by atomic mass is 10.2. The van der Waals surface area contributed by atoms with Crippen molar-refractivity contribution in [3.63, 3.8) is 0 Å². The van der Waals surface area contributed by atoms with Gasteiger partial charge in [-0.2, -0.15) is 0 Å². The van der Waals surface area contributed by atoms with Crippen LogP contribution >= 0.6 is 0 Å². The third-order valence-corrected chi connectivity index (χ3v) is 2.88. The van der Waals surface area contributed by atoms with E-state index >= 15 is 0 Å². The Morgan fingerprint density at radius 3 is 2.10 bits per heavy atom. The maximum atomic E-state index is 12.1. The number of nitrogens with zero attached hydrogens (tertiary/aromatic N) is 3. The monoisotopic (exact) mass is 300 g/mol. The lowest BCUT2D eigenvalue weighted by Gasteiger charge is -2.27. The van der Waals surface area contributed by atoms with Crippen molar-refractivity contribution >= 4 is 12.1 Å². The molecule has 1 amide bonds. The van der Waals surface area contributed by atoms with E-state index in [1.165, 1.54) is 0 Å². The van der Waals surface area contributed by atoms with E-state index in [4.69, 9.17) is 10.5 Å². The Hall–Kier alpha value is -1.46. The average molecular weight is 300 g/mol. The SMILES string of the molecule is CCCN(CCN=C(N)N(CC)CC)C(=O)OC(C)(C)C. The van der Waals surface area contributed by atoms with Gasteiger partial charge < -0.3 is 20.3 Å². The Bertz CT molecular complexity index is 333. The molecule has 6 nitrogen and oxygen atoms in total. The van der Waals surface area contributed by atoms with Gasteiger partial charge in [0, 0.05) is 26.2 Å². The lowest BCUT2D eigenvalue weighted by molar-refractivity contribution is 0.0256. The number of rotatable bonds is 7. The molecule has 21 heavy (non-hydrogen) atoms. The van der Waals surface area contributed by atoms with Crippen LogP contribution in [0.25, 0.3) is 0 Å². The van der Waals surface area contributed by atoms with Crippen molar-refractivity contribution in [3.8, 4) is 0 Å². The van der Waals surface area contributed by atoms with Crippen molar-refractivity contribution in [2.24, 2.45) is 10.7 Å². The first-order valence-corrected chi connectivity index (χ1v) is 7.77. The van der Waals surface area contributed by atoms with Gasteiger partial charge in [-0.25, -0.2) is 4.79 Å². The summed E-state index contributed by atoms with van der Waals surface area (Å²) in [6.07, 6.45) is 0.593. The number of hydrogen-bond donors (Lipinski definition) is 1. The number of carbonyl (C=O) groups is 1. The highest BCUT2D eigenvalue weighted by Crippen LogP contribution is 2.10. The molecule has 0 saturated heterocycles. The molecule has 0 atom stereocenters. The predicted molar refractivity (Wildman–Crippen MR) is 87.5 cm³/mol. The van der Waals surface area contributed by atoms with E-state index in [0.29, 0.717) is 25.6 Å². The van der Waals surface area contributed by atoms with E-state index < -0.39 is 5.60 Å². The first kappa shape index (κ1) is 19.5. The van der Waals surface area contributed by atoms with E-state index in [0.717, 1.165) is 19.5 Å². The van der Waals surface area contributed by atoms with E-state index in [1.54, 1.807) is 4.90 Å². The molecule has 0 fully saturated rings. The predicted octanol–water partition coefficient (Wildman–Crippen LogP) is 2.29. The molecule has 2 N–H and O–H groups in total. The number of hydrogen-bond acceptors (Lipinski definition) is 3. The number of guanidine groups is 1. The molecule has 0 saturated carbocycles. The van der Waals surface area contributed by atoms with Gasteiger partial charge in [-0.05, 0) is 41.0 Å². The highest BCUT2D eigenvalue weighted by atomic mass is 16.6. The molecule has 0 aromatic rings. The van der Waals surface area contributed by atoms with Crippen molar-refractivity contribution < 1.29 is 9.53 Å². The molecule has 0 spiro atoms. The summed E-state index contributed by atoms with van der Waals surface area (Å²) in [6, 6.07) is 0. The zero-order valence-corrected chi connectivity index (χ0v) is 14.5. The van der Waals surface area contributed by atoms with Gasteiger partial charge in [0.25, 0.3) is 0 Å². The molecule has 0 bridgehead atoms. The molecule has 124 valence electrons. The minimum absolute atomic E-state index is 0.291. The highest BCUT2D eigenvalue weighted by molar-refractivity contribution is 5.78. The topological polar surface area (TPSA) is 71.2 Å². The standard InChI is InChI=1S/C15H32N4O2/c1-7-11-19(14(20)21-15(4,5)6)12-10-17-13(16)18(8-2)9-3/h7-12H2,1-6H3,(H2,16,17). The summed E-state index contributed by atoms with van der Waals surface area (Å²) in [6.45, 7) is 15.0. The molecule has 0 aliphatic rings. The molecular weight excluding hydrogens is 268 g/mol. The lowest BCUT2D eigenvalue weighted by Crippen LogP contribution is -2.40. The number of amides is 1. The smallest absolute Gasteiger partial charge is 0.410 e. The van der Waals surface area contributed by atoms with E-state index in [-0.39, 0.29) is 6.09 Å². The van der Waals surface area contributed by atoms with Crippen LogP contribution in [0.2, 0.25) is 0 Å². The summed E-state index contributed by atoms with van der Waals surface area (Å²) in [7, 11) is 0. The van der Waals surface area contributed by atoms with Gasteiger partial charge in [0.2, 0.25) is 0 Å². The van der Waals surface area contributed by atoms with Crippen molar-refractivity contribution in [2.75, 3.05) is 32.7 Å². The maximum absolute atomic E-state index is 12.1. The molecule has 0 heterocycles. The molecule has 0 rings (SSSR count). The third-order valence-electron chi connectivity index (χ3n) is 2.88. The van der Waals surface area contributed by atoms with Gasteiger partial charge in [0.15, 0.2) is 5.96 Å². The van der Waals surface area contributed by atoms with Crippen molar-refractivity contribution in [3.05, 3.63) is 0 Å². The quantitative estimate of drug-likeness (QED) is 0.578.